The van der Waals surface area contributed by atoms with Crippen LogP contribution in [0.1, 0.15) is 18.5 Å². The van der Waals surface area contributed by atoms with Crippen molar-refractivity contribution in [2.24, 2.45) is 0 Å². The second-order valence-corrected chi connectivity index (χ2v) is 7.93. The van der Waals surface area contributed by atoms with Crippen molar-refractivity contribution < 1.29 is 13.7 Å². The Labute approximate surface area is 169 Å². The van der Waals surface area contributed by atoms with Crippen LogP contribution < -0.4 is 5.32 Å². The minimum absolute atomic E-state index is 0.121. The molecule has 1 aliphatic rings. The summed E-state index contributed by atoms with van der Waals surface area (Å²) in [7, 11) is 0. The summed E-state index contributed by atoms with van der Waals surface area (Å²) in [6.07, 6.45) is 3.04. The molecule has 28 heavy (non-hydrogen) atoms. The quantitative estimate of drug-likeness (QED) is 0.476. The normalized spacial score (nSPS) is 14.8. The number of hydrogen-bond acceptors (Lipinski definition) is 6. The van der Waals surface area contributed by atoms with E-state index in [2.05, 4.69) is 15.5 Å². The molecule has 3 heterocycles. The zero-order valence-electron chi connectivity index (χ0n) is 14.5. The molecule has 5 rings (SSSR count). The van der Waals surface area contributed by atoms with E-state index in [1.54, 1.807) is 24.5 Å². The first-order chi connectivity index (χ1) is 13.6. The minimum Gasteiger partial charge on any atom is -0.463 e. The Morgan fingerprint density at radius 1 is 1.18 bits per heavy atom. The largest absolute Gasteiger partial charge is 0.463 e. The molecular weight excluding hydrogens is 398 g/mol. The SMILES string of the molecule is O=C(Nc1nc(-c2ccco2)cs1)C1(c2cc(-c3ccc(Cl)cc3)on2)CC1. The van der Waals surface area contributed by atoms with Crippen LogP contribution in [0, 0.1) is 0 Å². The summed E-state index contributed by atoms with van der Waals surface area (Å²) >= 11 is 7.29. The molecule has 0 bridgehead atoms. The van der Waals surface area contributed by atoms with Gasteiger partial charge in [0.2, 0.25) is 5.91 Å². The molecule has 0 atom stereocenters. The third kappa shape index (κ3) is 3.02. The molecule has 1 amide bonds. The van der Waals surface area contributed by atoms with E-state index in [4.69, 9.17) is 20.5 Å². The predicted molar refractivity (Wildman–Crippen MR) is 106 cm³/mol. The number of benzene rings is 1. The lowest BCUT2D eigenvalue weighted by Crippen LogP contribution is -2.28. The molecule has 1 aliphatic carbocycles. The maximum atomic E-state index is 12.9. The molecule has 1 fully saturated rings. The number of nitrogens with zero attached hydrogens (tertiary/aromatic N) is 2. The number of hydrogen-bond donors (Lipinski definition) is 1. The molecule has 0 aliphatic heterocycles. The fourth-order valence-corrected chi connectivity index (χ4v) is 3.88. The number of anilines is 1. The molecule has 140 valence electrons. The number of carbonyl (C=O) groups excluding carboxylic acids is 1. The number of aromatic nitrogens is 2. The van der Waals surface area contributed by atoms with Gasteiger partial charge in [-0.15, -0.1) is 11.3 Å². The van der Waals surface area contributed by atoms with Gasteiger partial charge in [-0.05, 0) is 49.2 Å². The van der Waals surface area contributed by atoms with Gasteiger partial charge in [-0.25, -0.2) is 4.98 Å². The number of rotatable bonds is 5. The number of carbonyl (C=O) groups is 1. The van der Waals surface area contributed by atoms with Gasteiger partial charge in [0.15, 0.2) is 16.7 Å². The molecule has 1 aromatic carbocycles. The molecule has 0 unspecified atom stereocenters. The second kappa shape index (κ2) is 6.61. The third-order valence-electron chi connectivity index (χ3n) is 4.81. The van der Waals surface area contributed by atoms with Gasteiger partial charge in [0.05, 0.1) is 17.4 Å². The van der Waals surface area contributed by atoms with E-state index in [0.29, 0.717) is 33.1 Å². The fraction of sp³-hybridized carbons (Fsp3) is 0.150. The van der Waals surface area contributed by atoms with Crippen molar-refractivity contribution in [1.82, 2.24) is 10.1 Å². The van der Waals surface area contributed by atoms with E-state index in [-0.39, 0.29) is 5.91 Å². The fourth-order valence-electron chi connectivity index (χ4n) is 3.06. The maximum absolute atomic E-state index is 12.9. The average Bonchev–Trinajstić information content (AvgIpc) is 3.14. The topological polar surface area (TPSA) is 81.2 Å². The lowest BCUT2D eigenvalue weighted by Gasteiger charge is -2.10. The van der Waals surface area contributed by atoms with Crippen LogP contribution in [0.2, 0.25) is 5.02 Å². The highest BCUT2D eigenvalue weighted by atomic mass is 35.5. The molecular formula is C20H14ClN3O3S. The van der Waals surface area contributed by atoms with Crippen LogP contribution >= 0.6 is 22.9 Å². The van der Waals surface area contributed by atoms with E-state index in [9.17, 15) is 4.79 Å². The number of amides is 1. The van der Waals surface area contributed by atoms with Gasteiger partial charge in [-0.1, -0.05) is 16.8 Å². The monoisotopic (exact) mass is 411 g/mol. The molecule has 6 nitrogen and oxygen atoms in total. The lowest BCUT2D eigenvalue weighted by molar-refractivity contribution is -0.118. The molecule has 8 heteroatoms. The smallest absolute Gasteiger partial charge is 0.238 e. The molecule has 4 aromatic rings. The lowest BCUT2D eigenvalue weighted by atomic mass is 10.0. The zero-order valence-corrected chi connectivity index (χ0v) is 16.1. The standard InChI is InChI=1S/C20H14ClN3O3S/c21-13-5-3-12(4-6-13)16-10-17(24-27-16)20(7-8-20)18(25)23-19-22-14(11-28-19)15-2-1-9-26-15/h1-6,9-11H,7-8H2,(H,22,23,25). The average molecular weight is 412 g/mol. The number of halogens is 1. The highest BCUT2D eigenvalue weighted by molar-refractivity contribution is 7.14. The summed E-state index contributed by atoms with van der Waals surface area (Å²) in [6, 6.07) is 12.8. The molecule has 3 aromatic heterocycles. The molecule has 0 spiro atoms. The minimum atomic E-state index is -0.662. The summed E-state index contributed by atoms with van der Waals surface area (Å²) in [5.41, 5.74) is 1.53. The Balaban J connectivity index is 1.35. The Kier molecular flexibility index (Phi) is 4.07. The molecule has 1 saturated carbocycles. The van der Waals surface area contributed by atoms with E-state index in [1.165, 1.54) is 11.3 Å². The first-order valence-corrected chi connectivity index (χ1v) is 9.94. The van der Waals surface area contributed by atoms with Crippen molar-refractivity contribution in [2.45, 2.75) is 18.3 Å². The van der Waals surface area contributed by atoms with Crippen LogP contribution in [0.4, 0.5) is 5.13 Å². The van der Waals surface area contributed by atoms with Gasteiger partial charge in [0, 0.05) is 22.0 Å². The van der Waals surface area contributed by atoms with Crippen molar-refractivity contribution in [3.63, 3.8) is 0 Å². The highest BCUT2D eigenvalue weighted by Crippen LogP contribution is 2.49. The second-order valence-electron chi connectivity index (χ2n) is 6.63. The van der Waals surface area contributed by atoms with Crippen LogP contribution in [0.25, 0.3) is 22.8 Å². The van der Waals surface area contributed by atoms with Crippen LogP contribution in [0.3, 0.4) is 0 Å². The zero-order chi connectivity index (χ0) is 19.1. The third-order valence-corrected chi connectivity index (χ3v) is 5.82. The number of thiazole rings is 1. The number of nitrogens with one attached hydrogen (secondary N) is 1. The van der Waals surface area contributed by atoms with Crippen molar-refractivity contribution in [3.8, 4) is 22.8 Å². The van der Waals surface area contributed by atoms with Crippen molar-refractivity contribution in [3.05, 3.63) is 64.8 Å². The van der Waals surface area contributed by atoms with Gasteiger partial charge in [-0.2, -0.15) is 0 Å². The summed E-state index contributed by atoms with van der Waals surface area (Å²) in [6.45, 7) is 0. The van der Waals surface area contributed by atoms with Gasteiger partial charge in [-0.3, -0.25) is 4.79 Å². The van der Waals surface area contributed by atoms with E-state index in [1.807, 2.05) is 29.6 Å². The van der Waals surface area contributed by atoms with Crippen molar-refractivity contribution in [1.29, 1.82) is 0 Å². The Bertz CT molecular complexity index is 1130. The summed E-state index contributed by atoms with van der Waals surface area (Å²) in [4.78, 5) is 17.3. The van der Waals surface area contributed by atoms with Gasteiger partial charge >= 0.3 is 0 Å². The summed E-state index contributed by atoms with van der Waals surface area (Å²) in [5.74, 6) is 1.16. The molecule has 1 N–H and O–H groups in total. The maximum Gasteiger partial charge on any atom is 0.238 e. The van der Waals surface area contributed by atoms with Crippen LogP contribution in [-0.4, -0.2) is 16.0 Å². The molecule has 0 saturated heterocycles. The van der Waals surface area contributed by atoms with Crippen molar-refractivity contribution >= 4 is 34.0 Å². The number of furan rings is 1. The predicted octanol–water partition coefficient (Wildman–Crippen LogP) is 5.38. The van der Waals surface area contributed by atoms with Crippen molar-refractivity contribution in [2.75, 3.05) is 5.32 Å². The first kappa shape index (κ1) is 17.2. The van der Waals surface area contributed by atoms with E-state index < -0.39 is 5.41 Å². The Morgan fingerprint density at radius 3 is 2.71 bits per heavy atom. The van der Waals surface area contributed by atoms with Gasteiger partial charge in [0.1, 0.15) is 5.69 Å². The van der Waals surface area contributed by atoms with Crippen LogP contribution in [0.5, 0.6) is 0 Å². The van der Waals surface area contributed by atoms with Crippen LogP contribution in [0.15, 0.2) is 63.0 Å². The van der Waals surface area contributed by atoms with Crippen LogP contribution in [-0.2, 0) is 10.2 Å². The highest BCUT2D eigenvalue weighted by Gasteiger charge is 2.54. The summed E-state index contributed by atoms with van der Waals surface area (Å²) in [5, 5.41) is 10.1. The Hall–Kier alpha value is -2.90. The van der Waals surface area contributed by atoms with Gasteiger partial charge < -0.3 is 14.3 Å². The Morgan fingerprint density at radius 2 is 2.00 bits per heavy atom. The van der Waals surface area contributed by atoms with E-state index >= 15 is 0 Å². The van der Waals surface area contributed by atoms with Gasteiger partial charge in [0.25, 0.3) is 0 Å². The summed E-state index contributed by atoms with van der Waals surface area (Å²) < 4.78 is 10.8. The first-order valence-electron chi connectivity index (χ1n) is 8.68. The van der Waals surface area contributed by atoms with E-state index in [0.717, 1.165) is 18.4 Å². The molecule has 0 radical (unpaired) electrons.